The summed E-state index contributed by atoms with van der Waals surface area (Å²) < 4.78 is 1.56. The average molecular weight is 364 g/mol. The van der Waals surface area contributed by atoms with E-state index in [1.54, 1.807) is 23.9 Å². The summed E-state index contributed by atoms with van der Waals surface area (Å²) in [5.41, 5.74) is 0.836. The molecule has 1 aromatic carbocycles. The molecule has 0 saturated carbocycles. The molecule has 2 rings (SSSR count). The van der Waals surface area contributed by atoms with Crippen LogP contribution in [0.4, 0.5) is 0 Å². The molecule has 134 valence electrons. The number of carbonyl (C=O) groups is 2. The molecule has 0 fully saturated rings. The number of carboxylic acid groups (broad SMARTS) is 1. The number of para-hydroxylation sites is 1. The molecule has 1 aromatic heterocycles. The minimum atomic E-state index is -0.942. The monoisotopic (exact) mass is 363 g/mol. The normalized spacial score (nSPS) is 11.4. The van der Waals surface area contributed by atoms with Crippen LogP contribution in [0.25, 0.3) is 5.69 Å². The van der Waals surface area contributed by atoms with Gasteiger partial charge in [-0.15, -0.1) is 0 Å². The van der Waals surface area contributed by atoms with Crippen molar-refractivity contribution in [2.75, 3.05) is 0 Å². The predicted molar refractivity (Wildman–Crippen MR) is 96.3 cm³/mol. The maximum absolute atomic E-state index is 12.7. The van der Waals surface area contributed by atoms with E-state index in [-0.39, 0.29) is 18.0 Å². The molecule has 6 nitrogen and oxygen atoms in total. The molecule has 0 aliphatic carbocycles. The van der Waals surface area contributed by atoms with Gasteiger partial charge in [0.1, 0.15) is 0 Å². The van der Waals surface area contributed by atoms with Crippen LogP contribution < -0.4 is 5.32 Å². The molecule has 25 heavy (non-hydrogen) atoms. The third-order valence-electron chi connectivity index (χ3n) is 4.43. The Labute approximate surface area is 151 Å². The van der Waals surface area contributed by atoms with Crippen molar-refractivity contribution in [2.45, 2.75) is 45.6 Å². The van der Waals surface area contributed by atoms with Gasteiger partial charge in [-0.2, -0.15) is 5.10 Å². The van der Waals surface area contributed by atoms with Crippen LogP contribution in [0, 0.1) is 6.92 Å². The van der Waals surface area contributed by atoms with Gasteiger partial charge in [-0.1, -0.05) is 37.6 Å². The van der Waals surface area contributed by atoms with E-state index in [0.717, 1.165) is 0 Å². The van der Waals surface area contributed by atoms with Crippen molar-refractivity contribution in [3.63, 3.8) is 0 Å². The number of halogens is 1. The van der Waals surface area contributed by atoms with Gasteiger partial charge in [-0.3, -0.25) is 9.59 Å². The van der Waals surface area contributed by atoms with E-state index in [2.05, 4.69) is 10.4 Å². The Morgan fingerprint density at radius 2 is 1.92 bits per heavy atom. The van der Waals surface area contributed by atoms with E-state index < -0.39 is 11.5 Å². The van der Waals surface area contributed by atoms with Gasteiger partial charge in [-0.25, -0.2) is 4.68 Å². The van der Waals surface area contributed by atoms with E-state index in [4.69, 9.17) is 16.7 Å². The van der Waals surface area contributed by atoms with Crippen molar-refractivity contribution < 1.29 is 14.7 Å². The lowest BCUT2D eigenvalue weighted by Crippen LogP contribution is -2.49. The molecule has 1 heterocycles. The van der Waals surface area contributed by atoms with Gasteiger partial charge >= 0.3 is 5.97 Å². The lowest BCUT2D eigenvalue weighted by atomic mass is 9.88. The maximum Gasteiger partial charge on any atom is 0.305 e. The standard InChI is InChI=1S/C18H22ClN3O3/c1-4-18(5-2,10-15(23)24)20-17(25)16-12(3)11-22(21-16)14-9-7-6-8-13(14)19/h6-9,11H,4-5,10H2,1-3H3,(H,20,25)(H,23,24). The summed E-state index contributed by atoms with van der Waals surface area (Å²) in [4.78, 5) is 23.9. The minimum absolute atomic E-state index is 0.129. The smallest absolute Gasteiger partial charge is 0.305 e. The molecular weight excluding hydrogens is 342 g/mol. The van der Waals surface area contributed by atoms with Gasteiger partial charge in [0.05, 0.1) is 22.7 Å². The van der Waals surface area contributed by atoms with E-state index in [1.165, 1.54) is 0 Å². The quantitative estimate of drug-likeness (QED) is 0.787. The number of aromatic nitrogens is 2. The number of nitrogens with one attached hydrogen (secondary N) is 1. The Hall–Kier alpha value is -2.34. The highest BCUT2D eigenvalue weighted by atomic mass is 35.5. The number of aliphatic carboxylic acids is 1. The molecule has 0 atom stereocenters. The number of aryl methyl sites for hydroxylation is 1. The van der Waals surface area contributed by atoms with Crippen LogP contribution in [-0.4, -0.2) is 32.3 Å². The lowest BCUT2D eigenvalue weighted by molar-refractivity contribution is -0.138. The van der Waals surface area contributed by atoms with E-state index >= 15 is 0 Å². The first-order chi connectivity index (χ1) is 11.8. The SMILES string of the molecule is CCC(CC)(CC(=O)O)NC(=O)c1nn(-c2ccccc2Cl)cc1C. The molecule has 0 saturated heterocycles. The molecular formula is C18H22ClN3O3. The number of hydrogen-bond acceptors (Lipinski definition) is 3. The molecule has 0 spiro atoms. The van der Waals surface area contributed by atoms with E-state index in [1.807, 2.05) is 32.0 Å². The second-order valence-corrected chi connectivity index (χ2v) is 6.48. The molecule has 0 bridgehead atoms. The van der Waals surface area contributed by atoms with Crippen molar-refractivity contribution in [3.8, 4) is 5.69 Å². The Balaban J connectivity index is 2.31. The second-order valence-electron chi connectivity index (χ2n) is 6.07. The fraction of sp³-hybridized carbons (Fsp3) is 0.389. The third kappa shape index (κ3) is 4.20. The number of hydrogen-bond donors (Lipinski definition) is 2. The fourth-order valence-electron chi connectivity index (χ4n) is 2.76. The van der Waals surface area contributed by atoms with Gasteiger partial charge in [-0.05, 0) is 31.9 Å². The van der Waals surface area contributed by atoms with Crippen LogP contribution in [0.2, 0.25) is 5.02 Å². The number of carbonyl (C=O) groups excluding carboxylic acids is 1. The van der Waals surface area contributed by atoms with Crippen LogP contribution in [0.1, 0.15) is 49.2 Å². The van der Waals surface area contributed by atoms with Crippen molar-refractivity contribution in [3.05, 3.63) is 46.7 Å². The van der Waals surface area contributed by atoms with Crippen LogP contribution in [0.5, 0.6) is 0 Å². The maximum atomic E-state index is 12.7. The average Bonchev–Trinajstić information content (AvgIpc) is 2.95. The molecule has 0 aliphatic rings. The van der Waals surface area contributed by atoms with E-state index in [0.29, 0.717) is 29.1 Å². The van der Waals surface area contributed by atoms with Crippen molar-refractivity contribution in [1.82, 2.24) is 15.1 Å². The Kier molecular flexibility index (Phi) is 5.85. The number of nitrogens with zero attached hydrogens (tertiary/aromatic N) is 2. The number of amides is 1. The highest BCUT2D eigenvalue weighted by Crippen LogP contribution is 2.23. The van der Waals surface area contributed by atoms with Crippen LogP contribution >= 0.6 is 11.6 Å². The Bertz CT molecular complexity index is 782. The summed E-state index contributed by atoms with van der Waals surface area (Å²) in [7, 11) is 0. The van der Waals surface area contributed by atoms with Gasteiger partial charge in [0, 0.05) is 11.8 Å². The molecule has 0 aliphatic heterocycles. The molecule has 7 heteroatoms. The van der Waals surface area contributed by atoms with Gasteiger partial charge in [0.2, 0.25) is 0 Å². The highest BCUT2D eigenvalue weighted by molar-refractivity contribution is 6.32. The molecule has 2 N–H and O–H groups in total. The zero-order valence-electron chi connectivity index (χ0n) is 14.5. The Morgan fingerprint density at radius 1 is 1.28 bits per heavy atom. The third-order valence-corrected chi connectivity index (χ3v) is 4.75. The first-order valence-electron chi connectivity index (χ1n) is 8.17. The zero-order chi connectivity index (χ0) is 18.6. The highest BCUT2D eigenvalue weighted by Gasteiger charge is 2.32. The largest absolute Gasteiger partial charge is 0.481 e. The molecule has 2 aromatic rings. The summed E-state index contributed by atoms with van der Waals surface area (Å²) >= 11 is 6.18. The van der Waals surface area contributed by atoms with Crippen molar-refractivity contribution >= 4 is 23.5 Å². The molecule has 0 unspecified atom stereocenters. The van der Waals surface area contributed by atoms with Gasteiger partial charge in [0.25, 0.3) is 5.91 Å². The molecule has 0 radical (unpaired) electrons. The minimum Gasteiger partial charge on any atom is -0.481 e. The lowest BCUT2D eigenvalue weighted by Gasteiger charge is -2.31. The summed E-state index contributed by atoms with van der Waals surface area (Å²) in [6.45, 7) is 5.51. The van der Waals surface area contributed by atoms with Crippen LogP contribution in [-0.2, 0) is 4.79 Å². The first kappa shape index (κ1) is 19.0. The topological polar surface area (TPSA) is 84.2 Å². The van der Waals surface area contributed by atoms with Gasteiger partial charge in [0.15, 0.2) is 5.69 Å². The zero-order valence-corrected chi connectivity index (χ0v) is 15.3. The summed E-state index contributed by atoms with van der Waals surface area (Å²) in [6.07, 6.45) is 2.64. The number of carboxylic acids is 1. The molecule has 1 amide bonds. The van der Waals surface area contributed by atoms with E-state index in [9.17, 15) is 9.59 Å². The second kappa shape index (κ2) is 7.70. The van der Waals surface area contributed by atoms with Crippen molar-refractivity contribution in [1.29, 1.82) is 0 Å². The summed E-state index contributed by atoms with van der Waals surface area (Å²) in [6, 6.07) is 7.21. The Morgan fingerprint density at radius 3 is 2.48 bits per heavy atom. The van der Waals surface area contributed by atoms with Crippen LogP contribution in [0.3, 0.4) is 0 Å². The summed E-state index contributed by atoms with van der Waals surface area (Å²) in [5.74, 6) is -1.32. The van der Waals surface area contributed by atoms with Crippen LogP contribution in [0.15, 0.2) is 30.5 Å². The predicted octanol–water partition coefficient (Wildman–Crippen LogP) is 3.60. The summed E-state index contributed by atoms with van der Waals surface area (Å²) in [5, 5.41) is 16.9. The fourth-order valence-corrected chi connectivity index (χ4v) is 2.98. The number of benzene rings is 1. The van der Waals surface area contributed by atoms with Crippen molar-refractivity contribution in [2.24, 2.45) is 0 Å². The van der Waals surface area contributed by atoms with Gasteiger partial charge < -0.3 is 10.4 Å². The first-order valence-corrected chi connectivity index (χ1v) is 8.55. The number of rotatable bonds is 7.